The first-order valence-corrected chi connectivity index (χ1v) is 8.68. The van der Waals surface area contributed by atoms with E-state index in [0.29, 0.717) is 6.42 Å². The van der Waals surface area contributed by atoms with Crippen LogP contribution in [0.2, 0.25) is 0 Å². The number of carbonyl (C=O) groups excluding carboxylic acids is 1. The Bertz CT molecular complexity index is 791. The van der Waals surface area contributed by atoms with Crippen molar-refractivity contribution >= 4 is 34.3 Å². The molecule has 0 radical (unpaired) electrons. The van der Waals surface area contributed by atoms with Gasteiger partial charge < -0.3 is 5.32 Å². The van der Waals surface area contributed by atoms with E-state index in [9.17, 15) is 4.79 Å². The molecule has 1 N–H and O–H groups in total. The molecule has 0 saturated heterocycles. The average molecular weight is 328 g/mol. The zero-order valence-corrected chi connectivity index (χ0v) is 14.1. The van der Waals surface area contributed by atoms with E-state index in [1.807, 2.05) is 55.6 Å². The predicted molar refractivity (Wildman–Crippen MR) is 93.7 cm³/mol. The lowest BCUT2D eigenvalue weighted by atomic mass is 10.2. The zero-order valence-electron chi connectivity index (χ0n) is 12.4. The van der Waals surface area contributed by atoms with E-state index in [4.69, 9.17) is 0 Å². The highest BCUT2D eigenvalue weighted by Crippen LogP contribution is 2.31. The first kappa shape index (κ1) is 14.9. The van der Waals surface area contributed by atoms with Gasteiger partial charge in [0.15, 0.2) is 0 Å². The summed E-state index contributed by atoms with van der Waals surface area (Å²) in [5, 5.41) is 5.97. The SMILES string of the molecule is Cc1cccc(NC(=O)Cc2sc(C)nc2-c2cccs2)c1. The van der Waals surface area contributed by atoms with E-state index in [2.05, 4.69) is 10.3 Å². The van der Waals surface area contributed by atoms with Gasteiger partial charge in [0.1, 0.15) is 0 Å². The Balaban J connectivity index is 1.77. The van der Waals surface area contributed by atoms with Gasteiger partial charge in [0.2, 0.25) is 5.91 Å². The third-order valence-electron chi connectivity index (χ3n) is 3.18. The van der Waals surface area contributed by atoms with Gasteiger partial charge in [-0.15, -0.1) is 22.7 Å². The molecule has 3 nitrogen and oxygen atoms in total. The van der Waals surface area contributed by atoms with Crippen LogP contribution < -0.4 is 5.32 Å². The second-order valence-corrected chi connectivity index (χ2v) is 7.31. The number of thiophene rings is 1. The van der Waals surface area contributed by atoms with Crippen LogP contribution in [0, 0.1) is 13.8 Å². The van der Waals surface area contributed by atoms with Crippen LogP contribution in [0.1, 0.15) is 15.4 Å². The predicted octanol–water partition coefficient (Wildman–Crippen LogP) is 4.67. The molecule has 0 aliphatic heterocycles. The maximum absolute atomic E-state index is 12.3. The van der Waals surface area contributed by atoms with Gasteiger partial charge in [0, 0.05) is 10.6 Å². The number of hydrogen-bond donors (Lipinski definition) is 1. The Morgan fingerprint density at radius 1 is 1.23 bits per heavy atom. The second-order valence-electron chi connectivity index (χ2n) is 5.08. The molecule has 0 bridgehead atoms. The van der Waals surface area contributed by atoms with E-state index in [1.54, 1.807) is 22.7 Å². The summed E-state index contributed by atoms with van der Waals surface area (Å²) in [6.45, 7) is 3.99. The fraction of sp³-hybridized carbons (Fsp3) is 0.176. The quantitative estimate of drug-likeness (QED) is 0.756. The minimum atomic E-state index is -0.00736. The van der Waals surface area contributed by atoms with Crippen molar-refractivity contribution in [1.29, 1.82) is 0 Å². The maximum atomic E-state index is 12.3. The molecule has 2 aromatic heterocycles. The van der Waals surface area contributed by atoms with Gasteiger partial charge in [-0.05, 0) is 43.0 Å². The molecule has 112 valence electrons. The first-order valence-electron chi connectivity index (χ1n) is 6.98. The van der Waals surface area contributed by atoms with Crippen molar-refractivity contribution in [2.45, 2.75) is 20.3 Å². The van der Waals surface area contributed by atoms with Gasteiger partial charge in [0.25, 0.3) is 0 Å². The second kappa shape index (κ2) is 6.42. The number of anilines is 1. The van der Waals surface area contributed by atoms with Crippen molar-refractivity contribution in [3.05, 3.63) is 57.2 Å². The smallest absolute Gasteiger partial charge is 0.229 e. The van der Waals surface area contributed by atoms with Gasteiger partial charge in [0.05, 0.1) is 22.0 Å². The van der Waals surface area contributed by atoms with Crippen LogP contribution in [-0.2, 0) is 11.2 Å². The lowest BCUT2D eigenvalue weighted by Gasteiger charge is -2.05. The van der Waals surface area contributed by atoms with Gasteiger partial charge >= 0.3 is 0 Å². The van der Waals surface area contributed by atoms with E-state index in [-0.39, 0.29) is 5.91 Å². The summed E-state index contributed by atoms with van der Waals surface area (Å²) in [4.78, 5) is 19.0. The van der Waals surface area contributed by atoms with Crippen molar-refractivity contribution in [2.75, 3.05) is 5.32 Å². The largest absolute Gasteiger partial charge is 0.326 e. The van der Waals surface area contributed by atoms with Crippen molar-refractivity contribution in [2.24, 2.45) is 0 Å². The highest BCUT2D eigenvalue weighted by atomic mass is 32.1. The topological polar surface area (TPSA) is 42.0 Å². The van der Waals surface area contributed by atoms with Crippen molar-refractivity contribution < 1.29 is 4.79 Å². The Morgan fingerprint density at radius 2 is 2.09 bits per heavy atom. The lowest BCUT2D eigenvalue weighted by Crippen LogP contribution is -2.14. The third-order valence-corrected chi connectivity index (χ3v) is 5.03. The molecule has 3 rings (SSSR count). The van der Waals surface area contributed by atoms with Crippen LogP contribution in [-0.4, -0.2) is 10.9 Å². The summed E-state index contributed by atoms with van der Waals surface area (Å²) in [5.74, 6) is -0.00736. The molecular weight excluding hydrogens is 312 g/mol. The molecule has 1 aromatic carbocycles. The van der Waals surface area contributed by atoms with Crippen LogP contribution in [0.3, 0.4) is 0 Å². The molecule has 0 aliphatic carbocycles. The van der Waals surface area contributed by atoms with Crippen LogP contribution in [0.25, 0.3) is 10.6 Å². The number of aryl methyl sites for hydroxylation is 2. The number of amides is 1. The van der Waals surface area contributed by atoms with E-state index >= 15 is 0 Å². The Hall–Kier alpha value is -1.98. The molecule has 0 unspecified atom stereocenters. The van der Waals surface area contributed by atoms with Crippen molar-refractivity contribution in [3.8, 4) is 10.6 Å². The number of nitrogens with one attached hydrogen (secondary N) is 1. The fourth-order valence-corrected chi connectivity index (χ4v) is 4.02. The summed E-state index contributed by atoms with van der Waals surface area (Å²) < 4.78 is 0. The zero-order chi connectivity index (χ0) is 15.5. The van der Waals surface area contributed by atoms with E-state index in [0.717, 1.165) is 31.7 Å². The van der Waals surface area contributed by atoms with Gasteiger partial charge in [-0.2, -0.15) is 0 Å². The molecule has 0 saturated carbocycles. The number of nitrogens with zero attached hydrogens (tertiary/aromatic N) is 1. The van der Waals surface area contributed by atoms with Crippen LogP contribution in [0.5, 0.6) is 0 Å². The Morgan fingerprint density at radius 3 is 2.82 bits per heavy atom. The summed E-state index contributed by atoms with van der Waals surface area (Å²) in [6, 6.07) is 11.9. The highest BCUT2D eigenvalue weighted by Gasteiger charge is 2.15. The number of rotatable bonds is 4. The molecule has 0 spiro atoms. The standard InChI is InChI=1S/C17H16N2OS2/c1-11-5-3-6-13(9-11)19-16(20)10-15-17(18-12(2)22-15)14-7-4-8-21-14/h3-9H,10H2,1-2H3,(H,19,20). The lowest BCUT2D eigenvalue weighted by molar-refractivity contribution is -0.115. The normalized spacial score (nSPS) is 10.6. The van der Waals surface area contributed by atoms with E-state index < -0.39 is 0 Å². The molecule has 0 fully saturated rings. The fourth-order valence-electron chi connectivity index (χ4n) is 2.27. The number of thiazole rings is 1. The van der Waals surface area contributed by atoms with Crippen LogP contribution in [0.15, 0.2) is 41.8 Å². The minimum Gasteiger partial charge on any atom is -0.326 e. The van der Waals surface area contributed by atoms with Crippen LogP contribution in [0.4, 0.5) is 5.69 Å². The maximum Gasteiger partial charge on any atom is 0.229 e. The van der Waals surface area contributed by atoms with Gasteiger partial charge in [-0.1, -0.05) is 18.2 Å². The van der Waals surface area contributed by atoms with Crippen molar-refractivity contribution in [3.63, 3.8) is 0 Å². The van der Waals surface area contributed by atoms with Gasteiger partial charge in [-0.25, -0.2) is 4.98 Å². The number of benzene rings is 1. The van der Waals surface area contributed by atoms with Crippen molar-refractivity contribution in [1.82, 2.24) is 4.98 Å². The monoisotopic (exact) mass is 328 g/mol. The summed E-state index contributed by atoms with van der Waals surface area (Å²) in [6.07, 6.45) is 0.354. The Kier molecular flexibility index (Phi) is 4.36. The number of carbonyl (C=O) groups is 1. The molecule has 22 heavy (non-hydrogen) atoms. The number of aromatic nitrogens is 1. The summed E-state index contributed by atoms with van der Waals surface area (Å²) in [7, 11) is 0. The molecule has 0 atom stereocenters. The van der Waals surface area contributed by atoms with E-state index in [1.165, 1.54) is 0 Å². The molecule has 0 aliphatic rings. The Labute approximate surface area is 137 Å². The molecule has 3 aromatic rings. The summed E-state index contributed by atoms with van der Waals surface area (Å²) in [5.41, 5.74) is 2.91. The third kappa shape index (κ3) is 3.43. The average Bonchev–Trinajstić information content (AvgIpc) is 3.08. The summed E-state index contributed by atoms with van der Waals surface area (Å²) >= 11 is 3.24. The minimum absolute atomic E-state index is 0.00736. The first-order chi connectivity index (χ1) is 10.6. The highest BCUT2D eigenvalue weighted by molar-refractivity contribution is 7.15. The molecule has 1 amide bonds. The number of hydrogen-bond acceptors (Lipinski definition) is 4. The van der Waals surface area contributed by atoms with Gasteiger partial charge in [-0.3, -0.25) is 4.79 Å². The molecule has 5 heteroatoms. The van der Waals surface area contributed by atoms with Crippen LogP contribution >= 0.6 is 22.7 Å². The molecular formula is C17H16N2OS2. The molecule has 2 heterocycles.